The first-order chi connectivity index (χ1) is 27.7. The van der Waals surface area contributed by atoms with Crippen LogP contribution in [0.1, 0.15) is 29.7 Å². The summed E-state index contributed by atoms with van der Waals surface area (Å²) < 4.78 is 2.66. The average Bonchev–Trinajstić information content (AvgIpc) is 3.60. The summed E-state index contributed by atoms with van der Waals surface area (Å²) in [5.74, 6) is 0. The van der Waals surface area contributed by atoms with Gasteiger partial charge in [-0.15, -0.1) is 0 Å². The minimum Gasteiger partial charge on any atom is -0.323 e. The van der Waals surface area contributed by atoms with Crippen LogP contribution in [0.2, 0.25) is 0 Å². The molecular weight excluding hydrogens is 679 g/mol. The zero-order valence-electron chi connectivity index (χ0n) is 31.5. The number of hydrogen-bond donors (Lipinski definition) is 0. The maximum Gasteiger partial charge on any atom is 0.273 e. The van der Waals surface area contributed by atoms with Crippen LogP contribution in [-0.2, 0) is 12.8 Å². The first-order valence-corrected chi connectivity index (χ1v) is 20.0. The van der Waals surface area contributed by atoms with E-state index in [0.717, 1.165) is 35.6 Å². The van der Waals surface area contributed by atoms with Crippen LogP contribution in [0.5, 0.6) is 0 Å². The quantitative estimate of drug-likeness (QED) is 0.159. The zero-order valence-corrected chi connectivity index (χ0v) is 31.5. The summed E-state index contributed by atoms with van der Waals surface area (Å²) in [5.41, 5.74) is 20.3. The molecule has 0 saturated carbocycles. The summed E-state index contributed by atoms with van der Waals surface area (Å²) in [4.78, 5) is 7.52. The van der Waals surface area contributed by atoms with Crippen molar-refractivity contribution in [1.82, 2.24) is 4.57 Å². The molecule has 56 heavy (non-hydrogen) atoms. The topological polar surface area (TPSA) is 14.7 Å². The van der Waals surface area contributed by atoms with E-state index in [1.165, 1.54) is 80.3 Å². The highest BCUT2D eigenvalue weighted by molar-refractivity contribution is 7.00. The number of aryl methyl sites for hydroxylation is 1. The molecule has 0 N–H and O–H groups in total. The van der Waals surface area contributed by atoms with Crippen LogP contribution < -0.4 is 31.2 Å². The van der Waals surface area contributed by atoms with Gasteiger partial charge in [0.1, 0.15) is 0 Å². The Kier molecular flexibility index (Phi) is 7.73. The minimum absolute atomic E-state index is 0.00674. The molecule has 0 radical (unpaired) electrons. The van der Waals surface area contributed by atoms with Gasteiger partial charge in [0.15, 0.2) is 0 Å². The van der Waals surface area contributed by atoms with Crippen molar-refractivity contribution < 1.29 is 0 Å². The number of hydrogen-bond acceptors (Lipinski definition) is 3. The van der Waals surface area contributed by atoms with Gasteiger partial charge in [-0.05, 0) is 140 Å². The summed E-state index contributed by atoms with van der Waals surface area (Å²) in [6.45, 7) is 2.27. The Labute approximate surface area is 329 Å². The van der Waals surface area contributed by atoms with E-state index in [1.54, 1.807) is 0 Å². The fourth-order valence-corrected chi connectivity index (χ4v) is 9.71. The lowest BCUT2D eigenvalue weighted by atomic mass is 9.34. The molecule has 0 atom stereocenters. The first-order valence-electron chi connectivity index (χ1n) is 20.0. The zero-order chi connectivity index (χ0) is 37.2. The molecule has 3 aliphatic rings. The Hall–Kier alpha value is -6.72. The molecular formula is C51H41BN4. The predicted octanol–water partition coefficient (Wildman–Crippen LogP) is 11.2. The lowest BCUT2D eigenvalue weighted by molar-refractivity contribution is 0.664. The van der Waals surface area contributed by atoms with Gasteiger partial charge in [-0.3, -0.25) is 0 Å². The lowest BCUT2D eigenvalue weighted by Gasteiger charge is -2.44. The minimum atomic E-state index is 0.00674. The summed E-state index contributed by atoms with van der Waals surface area (Å²) in [6, 6.07) is 66.7. The third-order valence-electron chi connectivity index (χ3n) is 11.9. The molecule has 5 heteroatoms. The highest BCUT2D eigenvalue weighted by Gasteiger charge is 2.48. The smallest absolute Gasteiger partial charge is 0.273 e. The van der Waals surface area contributed by atoms with E-state index >= 15 is 0 Å². The van der Waals surface area contributed by atoms with Crippen molar-refractivity contribution in [2.75, 3.05) is 14.7 Å². The Bertz CT molecular complexity index is 2670. The van der Waals surface area contributed by atoms with E-state index in [4.69, 9.17) is 0 Å². The molecule has 4 nitrogen and oxygen atoms in total. The van der Waals surface area contributed by atoms with Crippen molar-refractivity contribution in [3.63, 3.8) is 0 Å². The van der Waals surface area contributed by atoms with Gasteiger partial charge in [0.25, 0.3) is 6.71 Å². The number of fused-ring (bicyclic) bond motifs is 6. The van der Waals surface area contributed by atoms with E-state index in [1.807, 2.05) is 0 Å². The fraction of sp³-hybridized carbons (Fsp3) is 0.0980. The number of anilines is 9. The third kappa shape index (κ3) is 5.07. The maximum absolute atomic E-state index is 2.66. The molecule has 0 spiro atoms. The fourth-order valence-electron chi connectivity index (χ4n) is 9.71. The lowest BCUT2D eigenvalue weighted by Crippen LogP contribution is -2.63. The van der Waals surface area contributed by atoms with Gasteiger partial charge in [-0.1, -0.05) is 97.1 Å². The molecule has 268 valence electrons. The van der Waals surface area contributed by atoms with Crippen molar-refractivity contribution in [1.29, 1.82) is 0 Å². The molecule has 11 rings (SSSR count). The van der Waals surface area contributed by atoms with Crippen LogP contribution in [-0.4, -0.2) is 11.3 Å². The number of benzene rings is 7. The van der Waals surface area contributed by atoms with Gasteiger partial charge in [-0.25, -0.2) is 0 Å². The molecule has 0 bridgehead atoms. The average molecular weight is 721 g/mol. The van der Waals surface area contributed by atoms with Crippen LogP contribution in [0.4, 0.5) is 51.2 Å². The van der Waals surface area contributed by atoms with E-state index in [9.17, 15) is 0 Å². The highest BCUT2D eigenvalue weighted by atomic mass is 15.2. The molecule has 1 aliphatic carbocycles. The standard InChI is InChI=1S/C51H41BN4/c1-36-33-47-49-48(34-36)55(40-25-13-5-14-26-40)50-43-29-17-18-30-45(43)56(41-27-15-6-16-28-41)51(50)52(49)44-32-31-42(35-46(44)54(47)39-23-11-4-12-24-39)53(37-19-7-2-8-20-37)38-21-9-3-10-22-38/h2-16,19-28,31-35H,17-18,29-30H2,1H3. The predicted molar refractivity (Wildman–Crippen MR) is 236 cm³/mol. The molecule has 0 unspecified atom stereocenters. The Balaban J connectivity index is 1.25. The van der Waals surface area contributed by atoms with Crippen LogP contribution in [0.3, 0.4) is 0 Å². The molecule has 8 aromatic rings. The van der Waals surface area contributed by atoms with Crippen LogP contribution in [0.25, 0.3) is 5.69 Å². The molecule has 0 amide bonds. The van der Waals surface area contributed by atoms with Crippen molar-refractivity contribution in [2.45, 2.75) is 32.6 Å². The van der Waals surface area contributed by atoms with Crippen LogP contribution in [0, 0.1) is 6.92 Å². The highest BCUT2D eigenvalue weighted by Crippen LogP contribution is 2.49. The van der Waals surface area contributed by atoms with Gasteiger partial charge in [0.05, 0.1) is 5.69 Å². The Morgan fingerprint density at radius 2 is 1.00 bits per heavy atom. The SMILES string of the molecule is Cc1cc2c3c(c1)N(c1ccccc1)c1c4c(n(-c5ccccc5)c1B3c1ccc(N(c3ccccc3)c3ccccc3)cc1N2c1ccccc1)CCCC4. The summed E-state index contributed by atoms with van der Waals surface area (Å²) >= 11 is 0. The van der Waals surface area contributed by atoms with E-state index in [2.05, 4.69) is 208 Å². The van der Waals surface area contributed by atoms with Crippen LogP contribution >= 0.6 is 0 Å². The maximum atomic E-state index is 2.66. The van der Waals surface area contributed by atoms with Crippen molar-refractivity contribution >= 4 is 74.4 Å². The Morgan fingerprint density at radius 1 is 0.482 bits per heavy atom. The number of rotatable bonds is 6. The van der Waals surface area contributed by atoms with E-state index < -0.39 is 0 Å². The first kappa shape index (κ1) is 32.7. The number of para-hydroxylation sites is 5. The molecule has 1 aromatic heterocycles. The normalized spacial score (nSPS) is 13.8. The summed E-state index contributed by atoms with van der Waals surface area (Å²) in [5, 5.41) is 0. The Morgan fingerprint density at radius 3 is 1.61 bits per heavy atom. The van der Waals surface area contributed by atoms with Crippen molar-refractivity contribution in [3.05, 3.63) is 199 Å². The van der Waals surface area contributed by atoms with Gasteiger partial charge in [0.2, 0.25) is 0 Å². The molecule has 3 heterocycles. The van der Waals surface area contributed by atoms with Crippen molar-refractivity contribution in [2.24, 2.45) is 0 Å². The molecule has 7 aromatic carbocycles. The van der Waals surface area contributed by atoms with Gasteiger partial charge in [-0.2, -0.15) is 0 Å². The second kappa shape index (κ2) is 13.2. The second-order valence-corrected chi connectivity index (χ2v) is 15.3. The van der Waals surface area contributed by atoms with Gasteiger partial charge >= 0.3 is 0 Å². The monoisotopic (exact) mass is 720 g/mol. The molecule has 0 fully saturated rings. The van der Waals surface area contributed by atoms with Crippen LogP contribution in [0.15, 0.2) is 182 Å². The van der Waals surface area contributed by atoms with Gasteiger partial charge < -0.3 is 19.3 Å². The van der Waals surface area contributed by atoms with E-state index in [-0.39, 0.29) is 6.71 Å². The summed E-state index contributed by atoms with van der Waals surface area (Å²) in [7, 11) is 0. The largest absolute Gasteiger partial charge is 0.323 e. The molecule has 2 aliphatic heterocycles. The van der Waals surface area contributed by atoms with Gasteiger partial charge in [0, 0.05) is 62.5 Å². The number of nitrogens with zero attached hydrogens (tertiary/aromatic N) is 4. The number of aromatic nitrogens is 1. The third-order valence-corrected chi connectivity index (χ3v) is 11.9. The second-order valence-electron chi connectivity index (χ2n) is 15.3. The van der Waals surface area contributed by atoms with E-state index in [0.29, 0.717) is 0 Å². The van der Waals surface area contributed by atoms with Crippen molar-refractivity contribution in [3.8, 4) is 5.69 Å². The summed E-state index contributed by atoms with van der Waals surface area (Å²) in [6.07, 6.45) is 4.55. The molecule has 0 saturated heterocycles.